The summed E-state index contributed by atoms with van der Waals surface area (Å²) in [5.41, 5.74) is 4.55. The molecule has 1 atom stereocenters. The van der Waals surface area contributed by atoms with E-state index in [1.165, 1.54) is 32.1 Å². The predicted octanol–water partition coefficient (Wildman–Crippen LogP) is 6.00. The number of carboxylic acids is 1. The molecule has 1 aliphatic rings. The van der Waals surface area contributed by atoms with Crippen molar-refractivity contribution < 1.29 is 19.5 Å². The molecule has 1 saturated carbocycles. The second-order valence-electron chi connectivity index (χ2n) is 10.3. The van der Waals surface area contributed by atoms with Gasteiger partial charge in [-0.1, -0.05) is 69.5 Å². The fourth-order valence-corrected chi connectivity index (χ4v) is 5.27. The van der Waals surface area contributed by atoms with Gasteiger partial charge in [0.2, 0.25) is 5.91 Å². The Labute approximate surface area is 257 Å². The number of aliphatic carboxylic acids is 1. The van der Waals surface area contributed by atoms with E-state index >= 15 is 0 Å². The Bertz CT molecular complexity index is 1070. The van der Waals surface area contributed by atoms with E-state index in [0.29, 0.717) is 24.2 Å². The van der Waals surface area contributed by atoms with Crippen LogP contribution in [0.1, 0.15) is 86.7 Å². The average molecular weight is 563 g/mol. The molecule has 0 radical (unpaired) electrons. The minimum atomic E-state index is -1.00. The molecule has 0 spiro atoms. The molecule has 6 nitrogen and oxygen atoms in total. The van der Waals surface area contributed by atoms with Gasteiger partial charge in [-0.15, -0.1) is 0 Å². The number of carbonyl (C=O) groups is 3. The zero-order chi connectivity index (χ0) is 28.6. The second-order valence-corrected chi connectivity index (χ2v) is 11.2. The van der Waals surface area contributed by atoms with Gasteiger partial charge in [-0.25, -0.2) is 4.79 Å². The van der Waals surface area contributed by atoms with E-state index < -0.39 is 12.0 Å². The minimum absolute atomic E-state index is 0. The summed E-state index contributed by atoms with van der Waals surface area (Å²) in [6, 6.07) is 12.8. The number of rotatable bonds is 12. The third kappa shape index (κ3) is 12.1. The summed E-state index contributed by atoms with van der Waals surface area (Å²) in [4.78, 5) is 35.5. The summed E-state index contributed by atoms with van der Waals surface area (Å²) in [6.07, 6.45) is 11.5. The van der Waals surface area contributed by atoms with Crippen LogP contribution in [0.4, 0.5) is 0 Å². The Balaban J connectivity index is 0.000000482. The van der Waals surface area contributed by atoms with Crippen molar-refractivity contribution in [1.29, 1.82) is 0 Å². The van der Waals surface area contributed by atoms with E-state index in [4.69, 9.17) is 0 Å². The zero-order valence-electron chi connectivity index (χ0n) is 24.1. The molecule has 2 aromatic carbocycles. The Kier molecular flexibility index (Phi) is 17.7. The van der Waals surface area contributed by atoms with Crippen molar-refractivity contribution in [3.63, 3.8) is 0 Å². The molecule has 3 N–H and O–H groups in total. The van der Waals surface area contributed by atoms with Crippen LogP contribution in [-0.4, -0.2) is 66.3 Å². The first-order valence-corrected chi connectivity index (χ1v) is 15.7. The van der Waals surface area contributed by atoms with Crippen molar-refractivity contribution in [2.75, 3.05) is 18.6 Å². The Morgan fingerprint density at radius 3 is 2.33 bits per heavy atom. The van der Waals surface area contributed by atoms with Gasteiger partial charge in [-0.2, -0.15) is 11.8 Å². The number of carboxylic acid groups (broad SMARTS) is 1. The first-order valence-electron chi connectivity index (χ1n) is 14.3. The Morgan fingerprint density at radius 2 is 1.73 bits per heavy atom. The topological polar surface area (TPSA) is 95.5 Å². The summed E-state index contributed by atoms with van der Waals surface area (Å²) in [7, 11) is 0. The molecule has 1 aliphatic carbocycles. The van der Waals surface area contributed by atoms with Gasteiger partial charge in [0.15, 0.2) is 0 Å². The van der Waals surface area contributed by atoms with Crippen LogP contribution in [0, 0.1) is 12.8 Å². The molecule has 2 aromatic rings. The van der Waals surface area contributed by atoms with Gasteiger partial charge < -0.3 is 15.7 Å². The van der Waals surface area contributed by atoms with Gasteiger partial charge >= 0.3 is 24.8 Å². The average Bonchev–Trinajstić information content (AvgIpc) is 2.95. The van der Waals surface area contributed by atoms with Gasteiger partial charge in [0, 0.05) is 18.5 Å². The number of hydrogen-bond donors (Lipinski definition) is 3. The maximum absolute atomic E-state index is 12.8. The van der Waals surface area contributed by atoms with Crippen LogP contribution >= 0.6 is 11.8 Å². The summed E-state index contributed by atoms with van der Waals surface area (Å²) in [5.74, 6) is 0.313. The van der Waals surface area contributed by atoms with Crippen molar-refractivity contribution in [3.05, 3.63) is 59.2 Å². The van der Waals surface area contributed by atoms with E-state index in [0.717, 1.165) is 47.6 Å². The van der Waals surface area contributed by atoms with E-state index in [9.17, 15) is 19.5 Å². The van der Waals surface area contributed by atoms with Crippen molar-refractivity contribution in [3.8, 4) is 11.1 Å². The number of aryl methyl sites for hydroxylation is 2. The van der Waals surface area contributed by atoms with Crippen LogP contribution < -0.4 is 10.6 Å². The third-order valence-electron chi connectivity index (χ3n) is 7.18. The molecular weight excluding hydrogens is 515 g/mol. The summed E-state index contributed by atoms with van der Waals surface area (Å²) in [6.45, 7) is 7.03. The van der Waals surface area contributed by atoms with E-state index in [1.54, 1.807) is 17.8 Å². The second kappa shape index (κ2) is 19.8. The Morgan fingerprint density at radius 1 is 1.02 bits per heavy atom. The molecule has 40 heavy (non-hydrogen) atoms. The number of carbonyl (C=O) groups excluding carboxylic acids is 2. The van der Waals surface area contributed by atoms with Crippen LogP contribution in [0.15, 0.2) is 42.5 Å². The normalized spacial score (nSPS) is 13.7. The molecule has 3 rings (SSSR count). The van der Waals surface area contributed by atoms with Gasteiger partial charge in [0.1, 0.15) is 6.04 Å². The third-order valence-corrected chi connectivity index (χ3v) is 7.82. The zero-order valence-corrected chi connectivity index (χ0v) is 24.9. The fourth-order valence-electron chi connectivity index (χ4n) is 4.80. The molecule has 1 unspecified atom stereocenters. The molecule has 0 saturated heterocycles. The van der Waals surface area contributed by atoms with Gasteiger partial charge in [0.25, 0.3) is 5.91 Å². The van der Waals surface area contributed by atoms with Crippen molar-refractivity contribution >= 4 is 48.4 Å². The molecule has 1 fully saturated rings. The van der Waals surface area contributed by atoms with E-state index in [1.807, 2.05) is 56.5 Å². The van der Waals surface area contributed by atoms with Gasteiger partial charge in [0.05, 0.1) is 0 Å². The fraction of sp³-hybridized carbons (Fsp3) is 0.531. The van der Waals surface area contributed by atoms with Crippen LogP contribution in [0.2, 0.25) is 0 Å². The summed E-state index contributed by atoms with van der Waals surface area (Å²) in [5, 5.41) is 15.1. The summed E-state index contributed by atoms with van der Waals surface area (Å²) < 4.78 is 0. The molecule has 0 aromatic heterocycles. The number of thioether (sulfide) groups is 1. The van der Waals surface area contributed by atoms with Crippen molar-refractivity contribution in [1.82, 2.24) is 10.6 Å². The van der Waals surface area contributed by atoms with E-state index in [-0.39, 0.29) is 30.7 Å². The molecule has 216 valence electrons. The van der Waals surface area contributed by atoms with Gasteiger partial charge in [-0.3, -0.25) is 9.59 Å². The number of benzene rings is 2. The number of nitrogens with one attached hydrogen (secondary N) is 2. The van der Waals surface area contributed by atoms with Crippen molar-refractivity contribution in [2.24, 2.45) is 5.92 Å². The number of amides is 2. The summed E-state index contributed by atoms with van der Waals surface area (Å²) >= 11 is 1.56. The van der Waals surface area contributed by atoms with E-state index in [2.05, 4.69) is 17.6 Å². The first kappa shape index (κ1) is 35.8. The first-order chi connectivity index (χ1) is 18.8. The van der Waals surface area contributed by atoms with Crippen LogP contribution in [-0.2, 0) is 16.0 Å². The molecular formula is C32H47LiN2O4S. The van der Waals surface area contributed by atoms with Crippen LogP contribution in [0.25, 0.3) is 11.1 Å². The quantitative estimate of drug-likeness (QED) is 0.276. The van der Waals surface area contributed by atoms with Crippen LogP contribution in [0.3, 0.4) is 0 Å². The monoisotopic (exact) mass is 562 g/mol. The molecule has 2 amide bonds. The number of hydrogen-bond acceptors (Lipinski definition) is 4. The standard InChI is InChI=1S/C21H25NO3S.C11H21NO.Li.H/c1-4-15-9-10-17(18(13-15)16-8-6-5-7-14(16)2)20(23)22-19(21(24)25)11-12-26-3;1-2-6-11(13)12-9-10-7-4-3-5-8-10;;/h5-10,13,19H,4,11-12H2,1-3H3,(H,22,23)(H,24,25);10H,2-9H2,1H3,(H,12,13);;. The van der Waals surface area contributed by atoms with Crippen molar-refractivity contribution in [2.45, 2.75) is 84.6 Å². The molecule has 8 heteroatoms. The Hall–Kier alpha value is -2.20. The maximum atomic E-state index is 12.8. The predicted molar refractivity (Wildman–Crippen MR) is 170 cm³/mol. The molecule has 0 bridgehead atoms. The molecule has 0 heterocycles. The SMILES string of the molecule is CCCC(=O)NCC1CCCCC1.CCc1ccc(C(=O)NC(CCSC)C(=O)O)c(-c2ccccc2C)c1.[LiH]. The van der Waals surface area contributed by atoms with Gasteiger partial charge in [-0.05, 0) is 85.3 Å². The molecule has 0 aliphatic heterocycles. The van der Waals surface area contributed by atoms with Crippen LogP contribution in [0.5, 0.6) is 0 Å².